The number of rotatable bonds is 6. The van der Waals surface area contributed by atoms with Crippen molar-refractivity contribution in [1.82, 2.24) is 0 Å². The van der Waals surface area contributed by atoms with Crippen LogP contribution in [0, 0.1) is 17.2 Å². The summed E-state index contributed by atoms with van der Waals surface area (Å²) in [6.45, 7) is 7.61. The summed E-state index contributed by atoms with van der Waals surface area (Å²) in [5.41, 5.74) is 7.61. The van der Waals surface area contributed by atoms with Gasteiger partial charge >= 0.3 is 0 Å². The van der Waals surface area contributed by atoms with Crippen LogP contribution in [-0.2, 0) is 4.74 Å². The second-order valence-electron chi connectivity index (χ2n) is 4.57. The van der Waals surface area contributed by atoms with Crippen LogP contribution >= 0.6 is 0 Å². The van der Waals surface area contributed by atoms with Gasteiger partial charge in [-0.1, -0.05) is 13.8 Å². The van der Waals surface area contributed by atoms with Crippen LogP contribution in [0.1, 0.15) is 26.3 Å². The van der Waals surface area contributed by atoms with E-state index in [9.17, 15) is 0 Å². The zero-order valence-electron chi connectivity index (χ0n) is 11.2. The first-order valence-electron chi connectivity index (χ1n) is 6.22. The molecular formula is C14H21N3O. The molecule has 0 saturated heterocycles. The van der Waals surface area contributed by atoms with Gasteiger partial charge in [-0.05, 0) is 31.0 Å². The number of nitrogens with one attached hydrogen (secondary N) is 1. The molecule has 0 saturated carbocycles. The molecule has 0 bridgehead atoms. The maximum absolute atomic E-state index is 8.95. The predicted octanol–water partition coefficient (Wildman–Crippen LogP) is 2.61. The number of anilines is 2. The highest BCUT2D eigenvalue weighted by Gasteiger charge is 2.13. The molecule has 98 valence electrons. The molecule has 0 aromatic heterocycles. The molecule has 3 N–H and O–H groups in total. The van der Waals surface area contributed by atoms with Crippen molar-refractivity contribution in [3.8, 4) is 6.07 Å². The molecule has 18 heavy (non-hydrogen) atoms. The topological polar surface area (TPSA) is 71.1 Å². The lowest BCUT2D eigenvalue weighted by molar-refractivity contribution is 0.127. The maximum atomic E-state index is 8.95. The van der Waals surface area contributed by atoms with Gasteiger partial charge in [0.25, 0.3) is 0 Å². The van der Waals surface area contributed by atoms with E-state index in [4.69, 9.17) is 15.7 Å². The van der Waals surface area contributed by atoms with E-state index < -0.39 is 0 Å². The van der Waals surface area contributed by atoms with Crippen LogP contribution in [0.5, 0.6) is 0 Å². The van der Waals surface area contributed by atoms with Gasteiger partial charge in [-0.2, -0.15) is 5.26 Å². The van der Waals surface area contributed by atoms with Crippen molar-refractivity contribution in [2.45, 2.75) is 26.8 Å². The molecule has 4 nitrogen and oxygen atoms in total. The van der Waals surface area contributed by atoms with Crippen molar-refractivity contribution in [2.24, 2.45) is 5.92 Å². The van der Waals surface area contributed by atoms with E-state index in [-0.39, 0.29) is 6.04 Å². The fraction of sp³-hybridized carbons (Fsp3) is 0.500. The molecule has 4 heteroatoms. The molecule has 1 rings (SSSR count). The second kappa shape index (κ2) is 6.87. The Morgan fingerprint density at radius 1 is 1.44 bits per heavy atom. The molecule has 0 radical (unpaired) electrons. The van der Waals surface area contributed by atoms with Crippen molar-refractivity contribution in [3.05, 3.63) is 23.8 Å². The lowest BCUT2D eigenvalue weighted by Crippen LogP contribution is -2.31. The van der Waals surface area contributed by atoms with E-state index in [2.05, 4.69) is 25.2 Å². The number of ether oxygens (including phenoxy) is 1. The van der Waals surface area contributed by atoms with Gasteiger partial charge in [0.2, 0.25) is 0 Å². The average molecular weight is 247 g/mol. The monoisotopic (exact) mass is 247 g/mol. The number of nitrogens with zero attached hydrogens (tertiary/aromatic N) is 1. The average Bonchev–Trinajstić information content (AvgIpc) is 2.36. The van der Waals surface area contributed by atoms with Crippen molar-refractivity contribution >= 4 is 11.4 Å². The second-order valence-corrected chi connectivity index (χ2v) is 4.57. The van der Waals surface area contributed by atoms with Crippen molar-refractivity contribution in [1.29, 1.82) is 5.26 Å². The Labute approximate surface area is 109 Å². The van der Waals surface area contributed by atoms with Gasteiger partial charge in [-0.25, -0.2) is 0 Å². The molecular weight excluding hydrogens is 226 g/mol. The number of nitriles is 1. The normalized spacial score (nSPS) is 12.2. The van der Waals surface area contributed by atoms with Crippen molar-refractivity contribution in [2.75, 3.05) is 24.3 Å². The van der Waals surface area contributed by atoms with Gasteiger partial charge in [-0.15, -0.1) is 0 Å². The molecule has 0 fully saturated rings. The fourth-order valence-electron chi connectivity index (χ4n) is 1.60. The van der Waals surface area contributed by atoms with Crippen LogP contribution in [0.15, 0.2) is 18.2 Å². The quantitative estimate of drug-likeness (QED) is 0.758. The largest absolute Gasteiger partial charge is 0.398 e. The van der Waals surface area contributed by atoms with Gasteiger partial charge in [0.15, 0.2) is 0 Å². The van der Waals surface area contributed by atoms with Gasteiger partial charge in [0.05, 0.1) is 18.2 Å². The minimum Gasteiger partial charge on any atom is -0.398 e. The van der Waals surface area contributed by atoms with E-state index in [0.29, 0.717) is 30.4 Å². The number of benzene rings is 1. The molecule has 0 aliphatic heterocycles. The number of hydrogen-bond acceptors (Lipinski definition) is 4. The first-order chi connectivity index (χ1) is 8.58. The summed E-state index contributed by atoms with van der Waals surface area (Å²) < 4.78 is 5.46. The third kappa shape index (κ3) is 3.94. The summed E-state index contributed by atoms with van der Waals surface area (Å²) >= 11 is 0. The van der Waals surface area contributed by atoms with E-state index in [1.165, 1.54) is 0 Å². The Bertz CT molecular complexity index is 424. The molecule has 0 spiro atoms. The molecule has 1 atom stereocenters. The Hall–Kier alpha value is -1.73. The zero-order chi connectivity index (χ0) is 13.5. The highest BCUT2D eigenvalue weighted by molar-refractivity contribution is 5.62. The third-order valence-electron chi connectivity index (χ3n) is 2.83. The predicted molar refractivity (Wildman–Crippen MR) is 74.3 cm³/mol. The lowest BCUT2D eigenvalue weighted by Gasteiger charge is -2.23. The van der Waals surface area contributed by atoms with Gasteiger partial charge in [0.1, 0.15) is 6.07 Å². The van der Waals surface area contributed by atoms with Gasteiger partial charge < -0.3 is 15.8 Å². The van der Waals surface area contributed by atoms with E-state index >= 15 is 0 Å². The van der Waals surface area contributed by atoms with Crippen molar-refractivity contribution in [3.63, 3.8) is 0 Å². The molecule has 0 amide bonds. The van der Waals surface area contributed by atoms with Crippen LogP contribution in [0.2, 0.25) is 0 Å². The van der Waals surface area contributed by atoms with Crippen LogP contribution in [-0.4, -0.2) is 19.3 Å². The SMILES string of the molecule is CCOCC(Nc1ccc(N)c(C#N)c1)C(C)C. The lowest BCUT2D eigenvalue weighted by atomic mass is 10.0. The Morgan fingerprint density at radius 3 is 2.72 bits per heavy atom. The standard InChI is InChI=1S/C14H21N3O/c1-4-18-9-14(10(2)3)17-12-5-6-13(16)11(7-12)8-15/h5-7,10,14,17H,4,9,16H2,1-3H3. The smallest absolute Gasteiger partial charge is 0.101 e. The number of hydrogen-bond donors (Lipinski definition) is 2. The molecule has 0 heterocycles. The number of nitrogens with two attached hydrogens (primary N) is 1. The first kappa shape index (κ1) is 14.3. The van der Waals surface area contributed by atoms with Gasteiger partial charge in [0, 0.05) is 18.0 Å². The van der Waals surface area contributed by atoms with E-state index in [1.54, 1.807) is 12.1 Å². The van der Waals surface area contributed by atoms with Crippen LogP contribution < -0.4 is 11.1 Å². The molecule has 0 aliphatic rings. The summed E-state index contributed by atoms with van der Waals surface area (Å²) in [6.07, 6.45) is 0. The van der Waals surface area contributed by atoms with Gasteiger partial charge in [-0.3, -0.25) is 0 Å². The fourth-order valence-corrected chi connectivity index (χ4v) is 1.60. The first-order valence-corrected chi connectivity index (χ1v) is 6.22. The zero-order valence-corrected chi connectivity index (χ0v) is 11.2. The molecule has 0 aliphatic carbocycles. The summed E-state index contributed by atoms with van der Waals surface area (Å²) in [5.74, 6) is 0.444. The maximum Gasteiger partial charge on any atom is 0.101 e. The summed E-state index contributed by atoms with van der Waals surface area (Å²) in [5, 5.41) is 12.3. The minimum atomic E-state index is 0.222. The van der Waals surface area contributed by atoms with Crippen LogP contribution in [0.3, 0.4) is 0 Å². The van der Waals surface area contributed by atoms with Crippen LogP contribution in [0.25, 0.3) is 0 Å². The Morgan fingerprint density at radius 2 is 2.17 bits per heavy atom. The summed E-state index contributed by atoms with van der Waals surface area (Å²) in [7, 11) is 0. The minimum absolute atomic E-state index is 0.222. The Balaban J connectivity index is 2.78. The molecule has 1 unspecified atom stereocenters. The highest BCUT2D eigenvalue weighted by atomic mass is 16.5. The van der Waals surface area contributed by atoms with Crippen molar-refractivity contribution < 1.29 is 4.74 Å². The molecule has 1 aromatic rings. The molecule has 1 aromatic carbocycles. The third-order valence-corrected chi connectivity index (χ3v) is 2.83. The summed E-state index contributed by atoms with van der Waals surface area (Å²) in [4.78, 5) is 0. The number of nitrogen functional groups attached to an aromatic ring is 1. The highest BCUT2D eigenvalue weighted by Crippen LogP contribution is 2.19. The van der Waals surface area contributed by atoms with Crippen LogP contribution in [0.4, 0.5) is 11.4 Å². The summed E-state index contributed by atoms with van der Waals surface area (Å²) in [6, 6.07) is 7.72. The van der Waals surface area contributed by atoms with E-state index in [0.717, 1.165) is 5.69 Å². The van der Waals surface area contributed by atoms with E-state index in [1.807, 2.05) is 13.0 Å². The Kier molecular flexibility index (Phi) is 5.47.